The minimum Gasteiger partial charge on any atom is -0.496 e. The Morgan fingerprint density at radius 2 is 2.31 bits per heavy atom. The molecule has 0 aromatic heterocycles. The van der Waals surface area contributed by atoms with Gasteiger partial charge in [-0.25, -0.2) is 0 Å². The van der Waals surface area contributed by atoms with Gasteiger partial charge < -0.3 is 10.5 Å². The van der Waals surface area contributed by atoms with E-state index >= 15 is 0 Å². The average Bonchev–Trinajstić information content (AvgIpc) is 2.64. The second kappa shape index (κ2) is 5.02. The maximum atomic E-state index is 5.85. The van der Waals surface area contributed by atoms with E-state index < -0.39 is 0 Å². The fourth-order valence-electron chi connectivity index (χ4n) is 2.05. The highest BCUT2D eigenvalue weighted by Gasteiger charge is 2.12. The number of hydrogen-bond acceptors (Lipinski definition) is 2. The molecule has 16 heavy (non-hydrogen) atoms. The first-order chi connectivity index (χ1) is 7.69. The van der Waals surface area contributed by atoms with Gasteiger partial charge in [0.05, 0.1) is 11.6 Å². The number of hydrogen-bond donors (Lipinski definition) is 1. The zero-order valence-electron chi connectivity index (χ0n) is 9.37. The van der Waals surface area contributed by atoms with E-state index in [2.05, 4.69) is 34.1 Å². The first-order valence-corrected chi connectivity index (χ1v) is 6.26. The van der Waals surface area contributed by atoms with E-state index in [-0.39, 0.29) is 6.04 Å². The van der Waals surface area contributed by atoms with Crippen LogP contribution in [0.5, 0.6) is 5.75 Å². The van der Waals surface area contributed by atoms with Gasteiger partial charge in [0.25, 0.3) is 0 Å². The Hall–Kier alpha value is -0.800. The molecule has 1 aliphatic rings. The summed E-state index contributed by atoms with van der Waals surface area (Å²) in [5, 5.41) is 0. The Morgan fingerprint density at radius 1 is 1.50 bits per heavy atom. The van der Waals surface area contributed by atoms with Gasteiger partial charge in [-0.15, -0.1) is 0 Å². The number of ether oxygens (including phenoxy) is 1. The number of nitrogens with two attached hydrogens (primary N) is 1. The number of allylic oxidation sites excluding steroid dienone is 1. The smallest absolute Gasteiger partial charge is 0.133 e. The van der Waals surface area contributed by atoms with Crippen LogP contribution in [0.1, 0.15) is 18.4 Å². The van der Waals surface area contributed by atoms with Gasteiger partial charge in [0.2, 0.25) is 0 Å². The Bertz CT molecular complexity index is 414. The van der Waals surface area contributed by atoms with Crippen molar-refractivity contribution in [3.8, 4) is 5.75 Å². The Kier molecular flexibility index (Phi) is 3.66. The zero-order valence-corrected chi connectivity index (χ0v) is 11.0. The van der Waals surface area contributed by atoms with Crippen molar-refractivity contribution in [2.45, 2.75) is 25.3 Å². The summed E-state index contributed by atoms with van der Waals surface area (Å²) in [7, 11) is 1.68. The molecule has 0 radical (unpaired) electrons. The zero-order chi connectivity index (χ0) is 11.5. The van der Waals surface area contributed by atoms with Crippen LogP contribution in [-0.2, 0) is 6.42 Å². The highest BCUT2D eigenvalue weighted by atomic mass is 79.9. The van der Waals surface area contributed by atoms with E-state index in [1.54, 1.807) is 7.11 Å². The number of benzene rings is 1. The predicted octanol–water partition coefficient (Wildman–Crippen LogP) is 3.05. The molecule has 3 heteroatoms. The van der Waals surface area contributed by atoms with Gasteiger partial charge in [-0.05, 0) is 52.9 Å². The van der Waals surface area contributed by atoms with Crippen LogP contribution in [-0.4, -0.2) is 13.2 Å². The summed E-state index contributed by atoms with van der Waals surface area (Å²) in [6.45, 7) is 0. The maximum absolute atomic E-state index is 5.85. The second-order valence-corrected chi connectivity index (χ2v) is 5.03. The fourth-order valence-corrected chi connectivity index (χ4v) is 2.64. The molecule has 0 saturated heterocycles. The van der Waals surface area contributed by atoms with Gasteiger partial charge in [0.15, 0.2) is 0 Å². The summed E-state index contributed by atoms with van der Waals surface area (Å²) >= 11 is 3.50. The molecule has 0 bridgehead atoms. The van der Waals surface area contributed by atoms with Crippen molar-refractivity contribution < 1.29 is 4.74 Å². The van der Waals surface area contributed by atoms with E-state index in [0.717, 1.165) is 29.5 Å². The van der Waals surface area contributed by atoms with Gasteiger partial charge >= 0.3 is 0 Å². The largest absolute Gasteiger partial charge is 0.496 e. The molecule has 1 unspecified atom stereocenters. The van der Waals surface area contributed by atoms with Crippen LogP contribution in [0.15, 0.2) is 34.3 Å². The Labute approximate surface area is 105 Å². The first kappa shape index (κ1) is 11.7. The van der Waals surface area contributed by atoms with Crippen molar-refractivity contribution in [1.29, 1.82) is 0 Å². The summed E-state index contributed by atoms with van der Waals surface area (Å²) < 4.78 is 6.22. The lowest BCUT2D eigenvalue weighted by Gasteiger charge is -2.06. The average molecular weight is 282 g/mol. The molecule has 0 aliphatic heterocycles. The Balaban J connectivity index is 2.11. The van der Waals surface area contributed by atoms with Crippen molar-refractivity contribution in [2.24, 2.45) is 5.73 Å². The van der Waals surface area contributed by atoms with Crippen LogP contribution in [0, 0.1) is 0 Å². The van der Waals surface area contributed by atoms with Crippen LogP contribution in [0.25, 0.3) is 0 Å². The van der Waals surface area contributed by atoms with E-state index in [9.17, 15) is 0 Å². The molecule has 0 amide bonds. The lowest BCUT2D eigenvalue weighted by Crippen LogP contribution is -2.11. The van der Waals surface area contributed by atoms with E-state index in [1.807, 2.05) is 6.07 Å². The fraction of sp³-hybridized carbons (Fsp3) is 0.385. The molecule has 0 heterocycles. The van der Waals surface area contributed by atoms with Crippen LogP contribution < -0.4 is 10.5 Å². The summed E-state index contributed by atoms with van der Waals surface area (Å²) in [4.78, 5) is 0. The van der Waals surface area contributed by atoms with E-state index in [4.69, 9.17) is 10.5 Å². The molecule has 2 nitrogen and oxygen atoms in total. The standard InChI is InChI=1S/C13H16BrNO/c1-16-13-5-3-10(8-12(13)14)6-9-2-4-11(15)7-9/h3,5,7-8,11H,2,4,6,15H2,1H3. The SMILES string of the molecule is COc1ccc(CC2=CC(N)CC2)cc1Br. The summed E-state index contributed by atoms with van der Waals surface area (Å²) in [6.07, 6.45) is 5.41. The lowest BCUT2D eigenvalue weighted by molar-refractivity contribution is 0.412. The predicted molar refractivity (Wildman–Crippen MR) is 69.7 cm³/mol. The lowest BCUT2D eigenvalue weighted by atomic mass is 10.0. The van der Waals surface area contributed by atoms with E-state index in [1.165, 1.54) is 11.1 Å². The minimum atomic E-state index is 0.261. The van der Waals surface area contributed by atoms with Crippen molar-refractivity contribution in [3.63, 3.8) is 0 Å². The Morgan fingerprint density at radius 3 is 2.88 bits per heavy atom. The molecule has 1 aromatic carbocycles. The van der Waals surface area contributed by atoms with Crippen molar-refractivity contribution in [1.82, 2.24) is 0 Å². The van der Waals surface area contributed by atoms with Gasteiger partial charge in [-0.2, -0.15) is 0 Å². The highest BCUT2D eigenvalue weighted by Crippen LogP contribution is 2.28. The van der Waals surface area contributed by atoms with Crippen molar-refractivity contribution in [3.05, 3.63) is 39.9 Å². The summed E-state index contributed by atoms with van der Waals surface area (Å²) in [5.41, 5.74) is 8.60. The van der Waals surface area contributed by atoms with Gasteiger partial charge in [-0.1, -0.05) is 17.7 Å². The molecule has 1 aromatic rings. The molecule has 0 fully saturated rings. The topological polar surface area (TPSA) is 35.2 Å². The van der Waals surface area contributed by atoms with Gasteiger partial charge in [-0.3, -0.25) is 0 Å². The molecule has 86 valence electrons. The molecule has 1 atom stereocenters. The van der Waals surface area contributed by atoms with Gasteiger partial charge in [0, 0.05) is 6.04 Å². The van der Waals surface area contributed by atoms with Crippen LogP contribution in [0.3, 0.4) is 0 Å². The molecule has 2 rings (SSSR count). The molecule has 1 aliphatic carbocycles. The second-order valence-electron chi connectivity index (χ2n) is 4.17. The third-order valence-electron chi connectivity index (χ3n) is 2.90. The van der Waals surface area contributed by atoms with Crippen LogP contribution >= 0.6 is 15.9 Å². The minimum absolute atomic E-state index is 0.261. The van der Waals surface area contributed by atoms with Crippen LogP contribution in [0.2, 0.25) is 0 Å². The normalized spacial score (nSPS) is 19.7. The molecule has 0 spiro atoms. The summed E-state index contributed by atoms with van der Waals surface area (Å²) in [5.74, 6) is 0.876. The van der Waals surface area contributed by atoms with Crippen LogP contribution in [0.4, 0.5) is 0 Å². The molecular formula is C13H16BrNO. The molecule has 0 saturated carbocycles. The number of methoxy groups -OCH3 is 1. The molecular weight excluding hydrogens is 266 g/mol. The number of rotatable bonds is 3. The molecule has 2 N–H and O–H groups in total. The quantitative estimate of drug-likeness (QED) is 0.865. The summed E-state index contributed by atoms with van der Waals surface area (Å²) in [6, 6.07) is 6.48. The highest BCUT2D eigenvalue weighted by molar-refractivity contribution is 9.10. The van der Waals surface area contributed by atoms with E-state index in [0.29, 0.717) is 0 Å². The van der Waals surface area contributed by atoms with Crippen molar-refractivity contribution >= 4 is 15.9 Å². The monoisotopic (exact) mass is 281 g/mol. The maximum Gasteiger partial charge on any atom is 0.133 e. The third-order valence-corrected chi connectivity index (χ3v) is 3.52. The first-order valence-electron chi connectivity index (χ1n) is 5.46. The number of halogens is 1. The van der Waals surface area contributed by atoms with Gasteiger partial charge in [0.1, 0.15) is 5.75 Å². The third kappa shape index (κ3) is 2.66. The van der Waals surface area contributed by atoms with Crippen molar-refractivity contribution in [2.75, 3.05) is 7.11 Å².